The molecule has 25 heavy (non-hydrogen) atoms. The van der Waals surface area contributed by atoms with Crippen molar-refractivity contribution in [2.45, 2.75) is 74.8 Å². The van der Waals surface area contributed by atoms with Crippen LogP contribution < -0.4 is 5.73 Å². The fraction of sp³-hybridized carbons (Fsp3) is 0.611. The summed E-state index contributed by atoms with van der Waals surface area (Å²) in [6.45, 7) is 1.84. The standard InChI is InChI=1S/C11H19NO2.C7H8O3S/c12-11(7-3-4-8-11)10(13)14-9-5-1-2-6-9;1-6-2-4-7(5-3-6)11(8,9)10/h9H,1-8,12H2;2-5H,1H3,(H,8,9,10). The van der Waals surface area contributed by atoms with Gasteiger partial charge in [-0.25, -0.2) is 0 Å². The van der Waals surface area contributed by atoms with Crippen LogP contribution in [0.3, 0.4) is 0 Å². The maximum Gasteiger partial charge on any atom is 0.326 e. The third-order valence-corrected chi connectivity index (χ3v) is 5.66. The lowest BCUT2D eigenvalue weighted by Crippen LogP contribution is -2.47. The number of carbonyl (C=O) groups excluding carboxylic acids is 1. The molecule has 3 rings (SSSR count). The van der Waals surface area contributed by atoms with Crippen LogP contribution in [0.2, 0.25) is 0 Å². The zero-order chi connectivity index (χ0) is 18.5. The van der Waals surface area contributed by atoms with Crippen LogP contribution in [0.15, 0.2) is 29.2 Å². The molecule has 2 fully saturated rings. The lowest BCUT2D eigenvalue weighted by atomic mass is 10.00. The number of hydrogen-bond acceptors (Lipinski definition) is 5. The minimum absolute atomic E-state index is 0.0666. The Bertz CT molecular complexity index is 672. The van der Waals surface area contributed by atoms with E-state index in [-0.39, 0.29) is 17.0 Å². The SMILES string of the molecule is Cc1ccc(S(=O)(=O)O)cc1.NC1(C(=O)OC2CCCC2)CCCC1. The van der Waals surface area contributed by atoms with Crippen LogP contribution in [0.1, 0.15) is 56.9 Å². The molecule has 0 radical (unpaired) electrons. The quantitative estimate of drug-likeness (QED) is 0.626. The van der Waals surface area contributed by atoms with Crippen molar-refractivity contribution in [3.05, 3.63) is 29.8 Å². The van der Waals surface area contributed by atoms with Crippen molar-refractivity contribution in [2.75, 3.05) is 0 Å². The highest BCUT2D eigenvalue weighted by Gasteiger charge is 2.39. The van der Waals surface area contributed by atoms with Gasteiger partial charge in [0.15, 0.2) is 0 Å². The van der Waals surface area contributed by atoms with Gasteiger partial charge < -0.3 is 10.5 Å². The van der Waals surface area contributed by atoms with Crippen molar-refractivity contribution in [2.24, 2.45) is 5.73 Å². The van der Waals surface area contributed by atoms with Crippen LogP contribution in [-0.2, 0) is 19.6 Å². The number of carbonyl (C=O) groups is 1. The van der Waals surface area contributed by atoms with Gasteiger partial charge in [-0.05, 0) is 57.6 Å². The summed E-state index contributed by atoms with van der Waals surface area (Å²) in [6, 6.07) is 5.99. The monoisotopic (exact) mass is 369 g/mol. The summed E-state index contributed by atoms with van der Waals surface area (Å²) in [6.07, 6.45) is 8.33. The maximum atomic E-state index is 11.8. The lowest BCUT2D eigenvalue weighted by molar-refractivity contribution is -0.155. The zero-order valence-electron chi connectivity index (χ0n) is 14.6. The van der Waals surface area contributed by atoms with Crippen molar-refractivity contribution in [1.82, 2.24) is 0 Å². The first-order valence-corrected chi connectivity index (χ1v) is 10.2. The van der Waals surface area contributed by atoms with Crippen molar-refractivity contribution >= 4 is 16.1 Å². The molecular formula is C18H27NO5S. The number of rotatable bonds is 3. The van der Waals surface area contributed by atoms with E-state index in [1.54, 1.807) is 12.1 Å². The van der Waals surface area contributed by atoms with Gasteiger partial charge in [0, 0.05) is 0 Å². The van der Waals surface area contributed by atoms with E-state index in [1.807, 2.05) is 6.92 Å². The van der Waals surface area contributed by atoms with E-state index in [2.05, 4.69) is 0 Å². The van der Waals surface area contributed by atoms with E-state index in [0.29, 0.717) is 0 Å². The molecule has 0 amide bonds. The minimum Gasteiger partial charge on any atom is -0.461 e. The first-order chi connectivity index (χ1) is 11.7. The number of benzene rings is 1. The average Bonchev–Trinajstić information content (AvgIpc) is 3.20. The predicted octanol–water partition coefficient (Wildman–Crippen LogP) is 2.99. The molecule has 0 saturated heterocycles. The highest BCUT2D eigenvalue weighted by atomic mass is 32.2. The topological polar surface area (TPSA) is 107 Å². The van der Waals surface area contributed by atoms with Gasteiger partial charge in [-0.1, -0.05) is 30.5 Å². The van der Waals surface area contributed by atoms with Crippen LogP contribution >= 0.6 is 0 Å². The van der Waals surface area contributed by atoms with E-state index in [9.17, 15) is 13.2 Å². The van der Waals surface area contributed by atoms with Crippen molar-refractivity contribution < 1.29 is 22.5 Å². The molecule has 0 atom stereocenters. The summed E-state index contributed by atoms with van der Waals surface area (Å²) in [5.41, 5.74) is 6.31. The molecule has 2 aliphatic carbocycles. The molecule has 2 saturated carbocycles. The van der Waals surface area contributed by atoms with Crippen molar-refractivity contribution in [3.8, 4) is 0 Å². The van der Waals surface area contributed by atoms with E-state index in [1.165, 1.54) is 25.0 Å². The summed E-state index contributed by atoms with van der Waals surface area (Å²) in [7, 11) is -4.02. The summed E-state index contributed by atoms with van der Waals surface area (Å²) in [5.74, 6) is -0.151. The van der Waals surface area contributed by atoms with Gasteiger partial charge in [-0.3, -0.25) is 9.35 Å². The van der Waals surface area contributed by atoms with Crippen LogP contribution in [0.4, 0.5) is 0 Å². The van der Waals surface area contributed by atoms with Crippen LogP contribution in [0, 0.1) is 6.92 Å². The summed E-state index contributed by atoms with van der Waals surface area (Å²) >= 11 is 0. The van der Waals surface area contributed by atoms with Crippen LogP contribution in [0.25, 0.3) is 0 Å². The molecule has 0 bridgehead atoms. The Morgan fingerprint density at radius 2 is 1.64 bits per heavy atom. The smallest absolute Gasteiger partial charge is 0.326 e. The molecule has 0 unspecified atom stereocenters. The molecule has 7 heteroatoms. The normalized spacial score (nSPS) is 20.0. The molecule has 140 valence electrons. The number of hydrogen-bond donors (Lipinski definition) is 2. The zero-order valence-corrected chi connectivity index (χ0v) is 15.4. The molecule has 0 spiro atoms. The average molecular weight is 369 g/mol. The molecule has 0 heterocycles. The summed E-state index contributed by atoms with van der Waals surface area (Å²) < 4.78 is 35.0. The van der Waals surface area contributed by atoms with Crippen molar-refractivity contribution in [3.63, 3.8) is 0 Å². The maximum absolute atomic E-state index is 11.8. The highest BCUT2D eigenvalue weighted by molar-refractivity contribution is 7.85. The summed E-state index contributed by atoms with van der Waals surface area (Å²) in [4.78, 5) is 11.7. The largest absolute Gasteiger partial charge is 0.461 e. The Morgan fingerprint density at radius 3 is 2.12 bits per heavy atom. The number of ether oxygens (including phenoxy) is 1. The second kappa shape index (κ2) is 8.29. The third-order valence-electron chi connectivity index (χ3n) is 4.80. The minimum atomic E-state index is -4.02. The van der Waals surface area contributed by atoms with E-state index < -0.39 is 15.7 Å². The fourth-order valence-electron chi connectivity index (χ4n) is 3.20. The second-order valence-electron chi connectivity index (χ2n) is 6.96. The van der Waals surface area contributed by atoms with Crippen LogP contribution in [-0.4, -0.2) is 30.6 Å². The Labute approximate surface area is 149 Å². The Balaban J connectivity index is 0.000000186. The van der Waals surface area contributed by atoms with Gasteiger partial charge in [0.25, 0.3) is 10.1 Å². The van der Waals surface area contributed by atoms with E-state index in [4.69, 9.17) is 15.0 Å². The lowest BCUT2D eigenvalue weighted by Gasteiger charge is -2.23. The van der Waals surface area contributed by atoms with Gasteiger partial charge in [0.1, 0.15) is 11.6 Å². The summed E-state index contributed by atoms with van der Waals surface area (Å²) in [5, 5.41) is 0. The molecule has 1 aromatic carbocycles. The molecular weight excluding hydrogens is 342 g/mol. The van der Waals surface area contributed by atoms with Crippen LogP contribution in [0.5, 0.6) is 0 Å². The van der Waals surface area contributed by atoms with Gasteiger partial charge in [-0.15, -0.1) is 0 Å². The van der Waals surface area contributed by atoms with Crippen molar-refractivity contribution in [1.29, 1.82) is 0 Å². The number of aryl methyl sites for hydroxylation is 1. The molecule has 1 aromatic rings. The predicted molar refractivity (Wildman–Crippen MR) is 94.7 cm³/mol. The number of nitrogens with two attached hydrogens (primary N) is 1. The Morgan fingerprint density at radius 1 is 1.12 bits per heavy atom. The molecule has 2 aliphatic rings. The van der Waals surface area contributed by atoms with E-state index >= 15 is 0 Å². The molecule has 6 nitrogen and oxygen atoms in total. The molecule has 0 aliphatic heterocycles. The fourth-order valence-corrected chi connectivity index (χ4v) is 3.68. The first-order valence-electron chi connectivity index (χ1n) is 8.75. The van der Waals surface area contributed by atoms with Gasteiger partial charge in [-0.2, -0.15) is 8.42 Å². The van der Waals surface area contributed by atoms with E-state index in [0.717, 1.165) is 44.1 Å². The number of esters is 1. The van der Waals surface area contributed by atoms with Gasteiger partial charge in [0.2, 0.25) is 0 Å². The Hall–Kier alpha value is -1.44. The highest BCUT2D eigenvalue weighted by Crippen LogP contribution is 2.30. The molecule has 3 N–H and O–H groups in total. The van der Waals surface area contributed by atoms with Gasteiger partial charge >= 0.3 is 5.97 Å². The second-order valence-corrected chi connectivity index (χ2v) is 8.38. The van der Waals surface area contributed by atoms with Gasteiger partial charge in [0.05, 0.1) is 4.90 Å². The first kappa shape index (κ1) is 19.9. The third kappa shape index (κ3) is 5.80. The Kier molecular flexibility index (Phi) is 6.59. The molecule has 0 aromatic heterocycles.